The quantitative estimate of drug-likeness (QED) is 0.390. The number of para-hydroxylation sites is 3. The molecule has 3 heterocycles. The van der Waals surface area contributed by atoms with Crippen LogP contribution in [0.1, 0.15) is 5.76 Å². The Labute approximate surface area is 169 Å². The number of carbonyl (C=O) groups is 2. The fourth-order valence-corrected chi connectivity index (χ4v) is 3.80. The van der Waals surface area contributed by atoms with Crippen LogP contribution in [0.5, 0.6) is 0 Å². The van der Waals surface area contributed by atoms with E-state index in [1.165, 1.54) is 17.8 Å². The van der Waals surface area contributed by atoms with Crippen molar-refractivity contribution in [3.05, 3.63) is 78.2 Å². The van der Waals surface area contributed by atoms with Crippen LogP contribution in [0.3, 0.4) is 0 Å². The molecule has 1 fully saturated rings. The molecule has 1 aliphatic heterocycles. The normalized spacial score (nSPS) is 15.4. The van der Waals surface area contributed by atoms with E-state index in [1.807, 2.05) is 30.3 Å². The number of urea groups is 1. The summed E-state index contributed by atoms with van der Waals surface area (Å²) in [6.07, 6.45) is 1.52. The number of fused-ring (bicyclic) bond motifs is 1. The van der Waals surface area contributed by atoms with E-state index in [4.69, 9.17) is 4.42 Å². The Hall–Kier alpha value is -3.78. The van der Waals surface area contributed by atoms with Gasteiger partial charge in [0, 0.05) is 6.08 Å². The van der Waals surface area contributed by atoms with Crippen molar-refractivity contribution in [1.82, 2.24) is 15.3 Å². The smallest absolute Gasteiger partial charge is 0.333 e. The standard InChI is InChI=1S/C21H14N4O3S/c26-19-17(24-21(27)25(19)13-6-2-1-3-7-13)12-14-10-11-18(28-14)29-20-22-15-8-4-5-9-16(15)23-20/h1-12H,(H,22,23)(H,24,27)/b17-12+. The zero-order valence-corrected chi connectivity index (χ0v) is 15.8. The SMILES string of the molecule is O=C1N/C(=C/c2ccc(Sc3nc4ccccc4[nH]3)o2)C(=O)N1c1ccccc1. The van der Waals surface area contributed by atoms with Crippen molar-refractivity contribution in [3.8, 4) is 0 Å². The van der Waals surface area contributed by atoms with Crippen LogP contribution in [0, 0.1) is 0 Å². The zero-order chi connectivity index (χ0) is 19.8. The molecule has 2 aromatic carbocycles. The molecule has 0 atom stereocenters. The number of nitrogens with one attached hydrogen (secondary N) is 2. The van der Waals surface area contributed by atoms with Gasteiger partial charge < -0.3 is 14.7 Å². The summed E-state index contributed by atoms with van der Waals surface area (Å²) < 4.78 is 5.77. The number of nitrogens with zero attached hydrogens (tertiary/aromatic N) is 2. The predicted molar refractivity (Wildman–Crippen MR) is 109 cm³/mol. The van der Waals surface area contributed by atoms with Crippen LogP contribution in [-0.2, 0) is 4.79 Å². The van der Waals surface area contributed by atoms with Crippen molar-refractivity contribution < 1.29 is 14.0 Å². The van der Waals surface area contributed by atoms with E-state index in [0.717, 1.165) is 15.9 Å². The predicted octanol–water partition coefficient (Wildman–Crippen LogP) is 4.40. The Morgan fingerprint density at radius 2 is 1.76 bits per heavy atom. The molecule has 29 heavy (non-hydrogen) atoms. The number of H-pyrrole nitrogens is 1. The number of carbonyl (C=O) groups excluding carboxylic acids is 2. The van der Waals surface area contributed by atoms with Crippen molar-refractivity contribution in [3.63, 3.8) is 0 Å². The Bertz CT molecular complexity index is 1230. The molecular formula is C21H14N4O3S. The first-order valence-corrected chi connectivity index (χ1v) is 9.64. The topological polar surface area (TPSA) is 91.2 Å². The van der Waals surface area contributed by atoms with Crippen LogP contribution in [0.25, 0.3) is 17.1 Å². The number of rotatable bonds is 4. The summed E-state index contributed by atoms with van der Waals surface area (Å²) in [4.78, 5) is 33.7. The number of hydrogen-bond acceptors (Lipinski definition) is 5. The minimum atomic E-state index is -0.490. The van der Waals surface area contributed by atoms with Gasteiger partial charge in [-0.15, -0.1) is 0 Å². The first-order valence-electron chi connectivity index (χ1n) is 8.82. The number of aromatic nitrogens is 2. The molecule has 0 unspecified atom stereocenters. The molecule has 0 spiro atoms. The summed E-state index contributed by atoms with van der Waals surface area (Å²) in [6, 6.07) is 19.6. The van der Waals surface area contributed by atoms with E-state index < -0.39 is 11.9 Å². The fraction of sp³-hybridized carbons (Fsp3) is 0. The van der Waals surface area contributed by atoms with E-state index in [9.17, 15) is 9.59 Å². The molecule has 0 aliphatic carbocycles. The molecule has 0 bridgehead atoms. The van der Waals surface area contributed by atoms with Gasteiger partial charge in [0.2, 0.25) is 0 Å². The second-order valence-corrected chi connectivity index (χ2v) is 7.28. The van der Waals surface area contributed by atoms with E-state index in [2.05, 4.69) is 15.3 Å². The summed E-state index contributed by atoms with van der Waals surface area (Å²) in [6.45, 7) is 0. The summed E-state index contributed by atoms with van der Waals surface area (Å²) in [5.41, 5.74) is 2.50. The number of furan rings is 1. The lowest BCUT2D eigenvalue weighted by Gasteiger charge is -2.10. The Morgan fingerprint density at radius 1 is 0.966 bits per heavy atom. The molecular weight excluding hydrogens is 388 g/mol. The molecule has 4 aromatic rings. The van der Waals surface area contributed by atoms with Crippen LogP contribution in [0.4, 0.5) is 10.5 Å². The molecule has 1 saturated heterocycles. The number of anilines is 1. The average molecular weight is 402 g/mol. The van der Waals surface area contributed by atoms with Crippen LogP contribution >= 0.6 is 11.8 Å². The van der Waals surface area contributed by atoms with Gasteiger partial charge in [0.15, 0.2) is 10.2 Å². The minimum absolute atomic E-state index is 0.161. The number of aromatic amines is 1. The van der Waals surface area contributed by atoms with E-state index in [1.54, 1.807) is 36.4 Å². The highest BCUT2D eigenvalue weighted by Crippen LogP contribution is 2.30. The van der Waals surface area contributed by atoms with Gasteiger partial charge >= 0.3 is 6.03 Å². The first kappa shape index (κ1) is 17.3. The summed E-state index contributed by atoms with van der Waals surface area (Å²) in [5, 5.41) is 3.92. The zero-order valence-electron chi connectivity index (χ0n) is 15.0. The largest absolute Gasteiger partial charge is 0.450 e. The van der Waals surface area contributed by atoms with Crippen LogP contribution < -0.4 is 10.2 Å². The lowest BCUT2D eigenvalue weighted by atomic mass is 10.3. The van der Waals surface area contributed by atoms with Crippen LogP contribution in [0.15, 0.2) is 87.1 Å². The van der Waals surface area contributed by atoms with Crippen molar-refractivity contribution in [2.24, 2.45) is 0 Å². The van der Waals surface area contributed by atoms with Crippen LogP contribution in [0.2, 0.25) is 0 Å². The molecule has 2 N–H and O–H groups in total. The molecule has 3 amide bonds. The third-order valence-electron chi connectivity index (χ3n) is 4.35. The molecule has 1 aliphatic rings. The van der Waals surface area contributed by atoms with Gasteiger partial charge in [0.05, 0.1) is 16.7 Å². The molecule has 142 valence electrons. The average Bonchev–Trinajstić information content (AvgIpc) is 3.41. The van der Waals surface area contributed by atoms with E-state index in [-0.39, 0.29) is 5.70 Å². The second kappa shape index (κ2) is 6.99. The van der Waals surface area contributed by atoms with Gasteiger partial charge in [-0.05, 0) is 48.2 Å². The molecule has 7 nitrogen and oxygen atoms in total. The number of imidazole rings is 1. The maximum absolute atomic E-state index is 12.6. The molecule has 5 rings (SSSR count). The molecule has 0 radical (unpaired) electrons. The molecule has 2 aromatic heterocycles. The van der Waals surface area contributed by atoms with Crippen LogP contribution in [-0.4, -0.2) is 21.9 Å². The maximum atomic E-state index is 12.6. The van der Waals surface area contributed by atoms with Crippen molar-refractivity contribution in [1.29, 1.82) is 0 Å². The number of amides is 3. The van der Waals surface area contributed by atoms with Gasteiger partial charge in [0.1, 0.15) is 11.5 Å². The van der Waals surface area contributed by atoms with E-state index in [0.29, 0.717) is 21.7 Å². The first-order chi connectivity index (χ1) is 14.2. The van der Waals surface area contributed by atoms with Gasteiger partial charge in [-0.25, -0.2) is 14.7 Å². The molecule has 8 heteroatoms. The highest BCUT2D eigenvalue weighted by atomic mass is 32.2. The third-order valence-corrected chi connectivity index (χ3v) is 5.15. The number of hydrogen-bond donors (Lipinski definition) is 2. The van der Waals surface area contributed by atoms with Gasteiger partial charge in [0.25, 0.3) is 5.91 Å². The summed E-state index contributed by atoms with van der Waals surface area (Å²) in [7, 11) is 0. The Balaban J connectivity index is 1.36. The summed E-state index contributed by atoms with van der Waals surface area (Å²) >= 11 is 1.35. The maximum Gasteiger partial charge on any atom is 0.333 e. The number of benzene rings is 2. The molecule has 0 saturated carbocycles. The Morgan fingerprint density at radius 3 is 2.59 bits per heavy atom. The van der Waals surface area contributed by atoms with E-state index >= 15 is 0 Å². The third kappa shape index (κ3) is 3.30. The minimum Gasteiger partial charge on any atom is -0.450 e. The monoisotopic (exact) mass is 402 g/mol. The fourth-order valence-electron chi connectivity index (χ4n) is 3.03. The number of imide groups is 1. The van der Waals surface area contributed by atoms with Gasteiger partial charge in [-0.2, -0.15) is 0 Å². The second-order valence-electron chi connectivity index (χ2n) is 6.28. The Kier molecular flexibility index (Phi) is 4.18. The highest BCUT2D eigenvalue weighted by Gasteiger charge is 2.34. The lowest BCUT2D eigenvalue weighted by molar-refractivity contribution is -0.113. The van der Waals surface area contributed by atoms with Gasteiger partial charge in [-0.1, -0.05) is 30.3 Å². The summed E-state index contributed by atoms with van der Waals surface area (Å²) in [5.74, 6) is 0.0336. The lowest BCUT2D eigenvalue weighted by Crippen LogP contribution is -2.30. The van der Waals surface area contributed by atoms with Crippen molar-refractivity contribution in [2.45, 2.75) is 10.2 Å². The highest BCUT2D eigenvalue weighted by molar-refractivity contribution is 7.99. The van der Waals surface area contributed by atoms with Crippen molar-refractivity contribution >= 4 is 46.5 Å². The van der Waals surface area contributed by atoms with Crippen molar-refractivity contribution in [2.75, 3.05) is 4.90 Å². The van der Waals surface area contributed by atoms with Gasteiger partial charge in [-0.3, -0.25) is 4.79 Å².